The van der Waals surface area contributed by atoms with Crippen LogP contribution in [-0.2, 0) is 81.3 Å². The minimum atomic E-state index is -3.50. The predicted octanol–water partition coefficient (Wildman–Crippen LogP) is 7.36. The van der Waals surface area contributed by atoms with E-state index in [1.807, 2.05) is 102 Å². The zero-order valence-corrected chi connectivity index (χ0v) is 58.9. The van der Waals surface area contributed by atoms with Crippen LogP contribution >= 0.6 is 63.7 Å². The first-order chi connectivity index (χ1) is 39.7. The number of carboxylic acids is 1. The average Bonchev–Trinajstić information content (AvgIpc) is 3.60. The minimum absolute atomic E-state index is 0.0478. The van der Waals surface area contributed by atoms with Crippen LogP contribution in [0.3, 0.4) is 0 Å². The maximum atomic E-state index is 12.3. The highest BCUT2D eigenvalue weighted by Gasteiger charge is 2.24. The molecule has 28 heteroatoms. The summed E-state index contributed by atoms with van der Waals surface area (Å²) in [4.78, 5) is 63.3. The lowest BCUT2D eigenvalue weighted by molar-refractivity contribution is -0.156. The van der Waals surface area contributed by atoms with E-state index in [0.717, 1.165) is 86.7 Å². The molecule has 85 heavy (non-hydrogen) atoms. The number of aryl methyl sites for hydroxylation is 3. The van der Waals surface area contributed by atoms with E-state index in [1.54, 1.807) is 0 Å². The Hall–Kier alpha value is -3.44. The molecule has 0 fully saturated rings. The van der Waals surface area contributed by atoms with E-state index in [4.69, 9.17) is 28.7 Å². The highest BCUT2D eigenvalue weighted by atomic mass is 79.9. The van der Waals surface area contributed by atoms with E-state index in [2.05, 4.69) is 104 Å². The second-order valence-electron chi connectivity index (χ2n) is 22.0. The summed E-state index contributed by atoms with van der Waals surface area (Å²) in [6.45, 7) is 21.1. The molecule has 0 spiro atoms. The number of nitrogens with zero attached hydrogens (tertiary/aromatic N) is 3. The molecular weight excluding hydrogens is 1400 g/mol. The molecule has 5 N–H and O–H groups in total. The van der Waals surface area contributed by atoms with Gasteiger partial charge in [-0.15, -0.1) is 0 Å². The van der Waals surface area contributed by atoms with Crippen LogP contribution in [-0.4, -0.2) is 183 Å². The summed E-state index contributed by atoms with van der Waals surface area (Å²) < 4.78 is 65.3. The van der Waals surface area contributed by atoms with Gasteiger partial charge in [-0.1, -0.05) is 81.9 Å². The number of benzene rings is 3. The van der Waals surface area contributed by atoms with Gasteiger partial charge in [-0.05, 0) is 151 Å². The standard InChI is InChI=1S/C21H33BBrN2O6S.C20H30BBr2N2O3.C16H25BrN2O5S/c1-16-6-7-19(25(9-8-23)10-11-30-32(5,28)29)13-17(16)12-18(24-22-15-26)14-20(27)31-21(2,3)4;1-15-5-6-18(25(9-7-22)10-8-23)12-16(15)11-17(24-21-14-26)13-19(27)28-20(2,3)4;1-12-3-4-15(10-13(12)9-14(18)11-16(20)21)19(6-5-17)7-8-24-25(2,22)23/h6-7,13,15,18,24H,8-12,14H2,1-5H3;5-6,12,14,17,24H,7-11,13H2,1-4H3;3-4,10,14H,5-9,11,18H2,1-2H3,(H,20,21)/t18-;17-;14-/m111/s1. The zero-order chi connectivity index (χ0) is 64.6. The third kappa shape index (κ3) is 37.2. The summed E-state index contributed by atoms with van der Waals surface area (Å²) in [5.74, 6) is -1.54. The fraction of sp³-hybridized carbons (Fsp3) is 0.596. The number of esters is 2. The van der Waals surface area contributed by atoms with E-state index in [-0.39, 0.29) is 56.5 Å². The van der Waals surface area contributed by atoms with Crippen molar-refractivity contribution in [2.75, 3.05) is 101 Å². The summed E-state index contributed by atoms with van der Waals surface area (Å²) in [7, 11) is -4.34. The van der Waals surface area contributed by atoms with E-state index >= 15 is 0 Å². The monoisotopic (exact) mass is 1480 g/mol. The molecule has 0 bridgehead atoms. The first kappa shape index (κ1) is 79.6. The van der Waals surface area contributed by atoms with Gasteiger partial charge in [-0.2, -0.15) is 16.8 Å². The molecule has 3 aromatic carbocycles. The number of alkyl halides is 4. The maximum Gasteiger partial charge on any atom is 0.307 e. The quantitative estimate of drug-likeness (QED) is 0.0144. The molecule has 0 heterocycles. The number of hydrogen-bond donors (Lipinski definition) is 4. The van der Waals surface area contributed by atoms with Crippen molar-refractivity contribution >= 4 is 146 Å². The van der Waals surface area contributed by atoms with Gasteiger partial charge in [0.2, 0.25) is 0 Å². The number of carbonyl (C=O) groups is 5. The van der Waals surface area contributed by atoms with Crippen LogP contribution in [0.4, 0.5) is 17.1 Å². The van der Waals surface area contributed by atoms with Gasteiger partial charge in [0.15, 0.2) is 0 Å². The van der Waals surface area contributed by atoms with Crippen molar-refractivity contribution in [2.45, 2.75) is 130 Å². The summed E-state index contributed by atoms with van der Waals surface area (Å²) in [6.07, 6.45) is 5.20. The Morgan fingerprint density at radius 3 is 1.14 bits per heavy atom. The molecule has 3 aromatic rings. The Morgan fingerprint density at radius 2 is 0.871 bits per heavy atom. The van der Waals surface area contributed by atoms with E-state index in [1.165, 1.54) is 14.8 Å². The van der Waals surface area contributed by atoms with Crippen molar-refractivity contribution in [3.05, 3.63) is 88.0 Å². The van der Waals surface area contributed by atoms with Crippen molar-refractivity contribution in [3.63, 3.8) is 0 Å². The average molecular weight is 1490 g/mol. The van der Waals surface area contributed by atoms with Crippen molar-refractivity contribution in [1.82, 2.24) is 10.5 Å². The molecule has 0 unspecified atom stereocenters. The molecule has 0 amide bonds. The van der Waals surface area contributed by atoms with Gasteiger partial charge >= 0.3 is 17.9 Å². The van der Waals surface area contributed by atoms with Crippen LogP contribution < -0.4 is 30.9 Å². The number of nitrogens with two attached hydrogens (primary N) is 1. The number of aliphatic carboxylic acids is 1. The fourth-order valence-corrected chi connectivity index (χ4v) is 10.8. The Balaban J connectivity index is 0.000000642. The first-order valence-corrected chi connectivity index (χ1v) is 35.7. The van der Waals surface area contributed by atoms with Gasteiger partial charge < -0.3 is 55.1 Å². The van der Waals surface area contributed by atoms with Gasteiger partial charge in [0.1, 0.15) is 11.2 Å². The van der Waals surface area contributed by atoms with Crippen LogP contribution in [0.5, 0.6) is 0 Å². The number of halogens is 4. The maximum absolute atomic E-state index is 12.3. The smallest absolute Gasteiger partial charge is 0.307 e. The SMILES string of the molecule is Cc1ccc(N(CCBr)CCBr)cc1C[C@H](CC(=O)OC(C)(C)C)N[B]C=O.Cc1ccc(N(CCBr)CCOS(C)(=O)=O)cc1C[C@@H](N)CC(=O)O.Cc1ccc(N(CCBr)CCOS(C)(=O)=O)cc1C[C@H](CC(=O)OC(C)(C)C)N[B]C=O. The lowest BCUT2D eigenvalue weighted by Crippen LogP contribution is -2.38. The topological polar surface area (TPSA) is 271 Å². The predicted molar refractivity (Wildman–Crippen MR) is 358 cm³/mol. The largest absolute Gasteiger partial charge is 0.481 e. The van der Waals surface area contributed by atoms with Crippen molar-refractivity contribution in [3.8, 4) is 0 Å². The third-order valence-corrected chi connectivity index (χ3v) is 14.8. The number of anilines is 3. The van der Waals surface area contributed by atoms with Crippen molar-refractivity contribution in [2.24, 2.45) is 5.73 Å². The molecule has 0 aliphatic heterocycles. The molecule has 0 saturated carbocycles. The normalized spacial score (nSPS) is 12.7. The number of carboxylic acid groups (broad SMARTS) is 1. The molecule has 3 atom stereocenters. The Kier molecular flexibility index (Phi) is 38.4. The summed E-state index contributed by atoms with van der Waals surface area (Å²) in [5.41, 5.74) is 14.1. The minimum Gasteiger partial charge on any atom is -0.481 e. The van der Waals surface area contributed by atoms with E-state index in [0.29, 0.717) is 68.5 Å². The number of carbonyl (C=O) groups excluding carboxylic acids is 4. The molecule has 0 aliphatic carbocycles. The Labute approximate surface area is 541 Å². The molecule has 2 radical (unpaired) electrons. The highest BCUT2D eigenvalue weighted by Crippen LogP contribution is 2.25. The Bertz CT molecular complexity index is 2760. The van der Waals surface area contributed by atoms with Gasteiger partial charge in [0, 0.05) is 95.8 Å². The third-order valence-electron chi connectivity index (χ3n) is 12.1. The van der Waals surface area contributed by atoms with Crippen LogP contribution in [0.2, 0.25) is 0 Å². The second-order valence-corrected chi connectivity index (χ2v) is 28.4. The second kappa shape index (κ2) is 41.0. The molecule has 0 aromatic heterocycles. The van der Waals surface area contributed by atoms with Gasteiger partial charge in [-0.25, -0.2) is 0 Å². The highest BCUT2D eigenvalue weighted by molar-refractivity contribution is 9.09. The zero-order valence-electron chi connectivity index (χ0n) is 51.0. The summed E-state index contributed by atoms with van der Waals surface area (Å²) in [6, 6.07) is 17.3. The molecule has 0 aliphatic rings. The van der Waals surface area contributed by atoms with E-state index in [9.17, 15) is 40.8 Å². The van der Waals surface area contributed by atoms with Gasteiger partial charge in [0.05, 0.1) is 57.4 Å². The molecule has 3 rings (SSSR count). The number of ether oxygens (including phenoxy) is 2. The Morgan fingerprint density at radius 1 is 0.565 bits per heavy atom. The summed E-state index contributed by atoms with van der Waals surface area (Å²) >= 11 is 13.9. The molecule has 20 nitrogen and oxygen atoms in total. The lowest BCUT2D eigenvalue weighted by Gasteiger charge is -2.26. The van der Waals surface area contributed by atoms with Gasteiger partial charge in [-0.3, -0.25) is 22.7 Å². The van der Waals surface area contributed by atoms with Crippen LogP contribution in [0.1, 0.15) is 94.2 Å². The molecular formula is C57H88B2Br4N6O14S2. The number of hydrogen-bond acceptors (Lipinski definition) is 19. The summed E-state index contributed by atoms with van der Waals surface area (Å²) in [5, 5.41) is 18.1. The van der Waals surface area contributed by atoms with Crippen LogP contribution in [0, 0.1) is 20.8 Å². The fourth-order valence-electron chi connectivity index (χ4n) is 8.35. The number of nitrogens with one attached hydrogen (secondary N) is 2. The van der Waals surface area contributed by atoms with Crippen LogP contribution in [0.25, 0.3) is 0 Å². The van der Waals surface area contributed by atoms with Crippen LogP contribution in [0.15, 0.2) is 54.6 Å². The molecule has 476 valence electrons. The van der Waals surface area contributed by atoms with Gasteiger partial charge in [0.25, 0.3) is 35.1 Å². The van der Waals surface area contributed by atoms with Crippen molar-refractivity contribution in [1.29, 1.82) is 0 Å². The number of rotatable bonds is 37. The van der Waals surface area contributed by atoms with E-state index < -0.39 is 43.4 Å². The van der Waals surface area contributed by atoms with Crippen molar-refractivity contribution < 1.29 is 63.8 Å². The lowest BCUT2D eigenvalue weighted by atomic mass is 9.91. The molecule has 0 saturated heterocycles. The first-order valence-electron chi connectivity index (χ1n) is 27.6.